The van der Waals surface area contributed by atoms with E-state index in [4.69, 9.17) is 0 Å². The molecule has 1 fully saturated rings. The molecule has 2 rings (SSSR count). The van der Waals surface area contributed by atoms with E-state index in [0.717, 1.165) is 6.07 Å². The monoisotopic (exact) mass is 292 g/mol. The Morgan fingerprint density at radius 3 is 2.40 bits per heavy atom. The van der Waals surface area contributed by atoms with E-state index < -0.39 is 29.3 Å². The van der Waals surface area contributed by atoms with E-state index in [9.17, 15) is 22.7 Å². The van der Waals surface area contributed by atoms with Gasteiger partial charge in [0.2, 0.25) is 0 Å². The molecule has 0 aliphatic carbocycles. The zero-order valence-corrected chi connectivity index (χ0v) is 11.0. The summed E-state index contributed by atoms with van der Waals surface area (Å²) in [5.74, 6) is -1.90. The summed E-state index contributed by atoms with van der Waals surface area (Å²) >= 11 is 0. The second-order valence-corrected chi connectivity index (χ2v) is 4.86. The molecule has 112 valence electrons. The van der Waals surface area contributed by atoms with Gasteiger partial charge in [-0.3, -0.25) is 4.90 Å². The highest BCUT2D eigenvalue weighted by Crippen LogP contribution is 2.42. The molecule has 0 bridgehead atoms. The van der Waals surface area contributed by atoms with Crippen molar-refractivity contribution in [2.45, 2.75) is 19.1 Å². The van der Waals surface area contributed by atoms with Gasteiger partial charge in [0.1, 0.15) is 6.04 Å². The molecule has 1 aromatic carbocycles. The predicted molar refractivity (Wildman–Crippen MR) is 66.0 cm³/mol. The third-order valence-corrected chi connectivity index (χ3v) is 3.46. The topological polar surface area (TPSA) is 35.5 Å². The van der Waals surface area contributed by atoms with E-state index >= 15 is 0 Å². The van der Waals surface area contributed by atoms with Gasteiger partial charge in [0, 0.05) is 31.7 Å². The minimum Gasteiger partial charge on any atom is -0.505 e. The number of aromatic hydroxyl groups is 1. The molecule has 0 aromatic heterocycles. The summed E-state index contributed by atoms with van der Waals surface area (Å²) in [6.45, 7) is 2.65. The molecular formula is C13H16F4N2O. The van der Waals surface area contributed by atoms with Crippen LogP contribution >= 0.6 is 0 Å². The van der Waals surface area contributed by atoms with Crippen molar-refractivity contribution in [1.29, 1.82) is 0 Å². The Balaban J connectivity index is 2.44. The number of phenols is 1. The molecule has 0 saturated carbocycles. The van der Waals surface area contributed by atoms with Gasteiger partial charge in [0.25, 0.3) is 0 Å². The van der Waals surface area contributed by atoms with Crippen molar-refractivity contribution in [2.75, 3.05) is 26.2 Å². The first kappa shape index (κ1) is 15.1. The fraction of sp³-hybridized carbons (Fsp3) is 0.538. The second-order valence-electron chi connectivity index (χ2n) is 4.86. The number of hydrogen-bond donors (Lipinski definition) is 2. The first-order valence-electron chi connectivity index (χ1n) is 6.32. The lowest BCUT2D eigenvalue weighted by Gasteiger charge is -2.36. The number of aryl methyl sites for hydroxylation is 1. The maximum atomic E-state index is 13.7. The zero-order valence-electron chi connectivity index (χ0n) is 11.0. The molecule has 1 aliphatic rings. The van der Waals surface area contributed by atoms with Crippen LogP contribution in [0.4, 0.5) is 17.6 Å². The molecule has 0 radical (unpaired) electrons. The third-order valence-electron chi connectivity index (χ3n) is 3.46. The number of phenolic OH excluding ortho intramolecular Hbond substituents is 1. The van der Waals surface area contributed by atoms with Crippen molar-refractivity contribution in [3.05, 3.63) is 29.1 Å². The molecule has 7 heteroatoms. The van der Waals surface area contributed by atoms with Crippen LogP contribution in [0.2, 0.25) is 0 Å². The summed E-state index contributed by atoms with van der Waals surface area (Å²) in [6.07, 6.45) is -4.57. The summed E-state index contributed by atoms with van der Waals surface area (Å²) in [7, 11) is 0. The average molecular weight is 292 g/mol. The highest BCUT2D eigenvalue weighted by Gasteiger charge is 2.46. The first-order valence-corrected chi connectivity index (χ1v) is 6.32. The Morgan fingerprint density at radius 2 is 1.85 bits per heavy atom. The summed E-state index contributed by atoms with van der Waals surface area (Å²) in [4.78, 5) is 1.21. The molecule has 0 spiro atoms. The second kappa shape index (κ2) is 5.57. The van der Waals surface area contributed by atoms with Crippen molar-refractivity contribution in [3.63, 3.8) is 0 Å². The fourth-order valence-electron chi connectivity index (χ4n) is 2.42. The Morgan fingerprint density at radius 1 is 1.25 bits per heavy atom. The lowest BCUT2D eigenvalue weighted by Crippen LogP contribution is -2.49. The normalized spacial score (nSPS) is 19.1. The molecule has 1 heterocycles. The molecule has 1 atom stereocenters. The van der Waals surface area contributed by atoms with Gasteiger partial charge in [-0.1, -0.05) is 12.1 Å². The van der Waals surface area contributed by atoms with Crippen molar-refractivity contribution >= 4 is 0 Å². The molecule has 0 amide bonds. The number of alkyl halides is 3. The largest absolute Gasteiger partial charge is 0.505 e. The quantitative estimate of drug-likeness (QED) is 0.821. The van der Waals surface area contributed by atoms with E-state index in [1.807, 2.05) is 0 Å². The van der Waals surface area contributed by atoms with Crippen LogP contribution in [0, 0.1) is 12.7 Å². The molecule has 1 saturated heterocycles. The van der Waals surface area contributed by atoms with Gasteiger partial charge in [0.05, 0.1) is 0 Å². The van der Waals surface area contributed by atoms with Gasteiger partial charge < -0.3 is 10.4 Å². The Labute approximate surface area is 114 Å². The van der Waals surface area contributed by atoms with Crippen molar-refractivity contribution in [3.8, 4) is 5.75 Å². The number of nitrogens with one attached hydrogen (secondary N) is 1. The average Bonchev–Trinajstić information content (AvgIpc) is 2.39. The van der Waals surface area contributed by atoms with Crippen LogP contribution in [0.25, 0.3) is 0 Å². The Kier molecular flexibility index (Phi) is 4.19. The van der Waals surface area contributed by atoms with Crippen LogP contribution in [-0.4, -0.2) is 42.4 Å². The van der Waals surface area contributed by atoms with Crippen LogP contribution in [0.1, 0.15) is 17.2 Å². The predicted octanol–water partition coefficient (Wildman–Crippen LogP) is 2.35. The lowest BCUT2D eigenvalue weighted by atomic mass is 10.0. The molecule has 20 heavy (non-hydrogen) atoms. The SMILES string of the molecule is Cc1ccc([C@@H](N2CCNCC2)C(F)(F)F)c(O)c1F. The molecule has 2 N–H and O–H groups in total. The minimum absolute atomic E-state index is 0.118. The summed E-state index contributed by atoms with van der Waals surface area (Å²) in [5, 5.41) is 12.7. The minimum atomic E-state index is -4.57. The van der Waals surface area contributed by atoms with E-state index in [2.05, 4.69) is 5.32 Å². The van der Waals surface area contributed by atoms with E-state index in [-0.39, 0.29) is 18.7 Å². The van der Waals surface area contributed by atoms with E-state index in [1.165, 1.54) is 17.9 Å². The van der Waals surface area contributed by atoms with Gasteiger partial charge in [-0.2, -0.15) is 13.2 Å². The molecular weight excluding hydrogens is 276 g/mol. The number of halogens is 4. The summed E-state index contributed by atoms with van der Waals surface area (Å²) in [6, 6.07) is 0.416. The maximum absolute atomic E-state index is 13.7. The van der Waals surface area contributed by atoms with Crippen molar-refractivity contribution in [1.82, 2.24) is 10.2 Å². The van der Waals surface area contributed by atoms with Crippen LogP contribution in [0.3, 0.4) is 0 Å². The molecule has 1 aromatic rings. The molecule has 0 unspecified atom stereocenters. The van der Waals surface area contributed by atoms with Crippen molar-refractivity contribution < 1.29 is 22.7 Å². The van der Waals surface area contributed by atoms with E-state index in [0.29, 0.717) is 13.1 Å². The van der Waals surface area contributed by atoms with Gasteiger partial charge in [0.15, 0.2) is 11.6 Å². The van der Waals surface area contributed by atoms with Gasteiger partial charge in [-0.25, -0.2) is 4.39 Å². The smallest absolute Gasteiger partial charge is 0.408 e. The van der Waals surface area contributed by atoms with Gasteiger partial charge >= 0.3 is 6.18 Å². The Hall–Kier alpha value is -1.34. The van der Waals surface area contributed by atoms with Crippen molar-refractivity contribution in [2.24, 2.45) is 0 Å². The van der Waals surface area contributed by atoms with Crippen LogP contribution in [0.15, 0.2) is 12.1 Å². The standard InChI is InChI=1S/C13H16F4N2O/c1-8-2-3-9(11(20)10(8)14)12(13(15,16)17)19-6-4-18-5-7-19/h2-3,12,18,20H,4-7H2,1H3/t12-/m1/s1. The highest BCUT2D eigenvalue weighted by molar-refractivity contribution is 5.40. The number of nitrogens with zero attached hydrogens (tertiary/aromatic N) is 1. The number of rotatable bonds is 2. The maximum Gasteiger partial charge on any atom is 0.408 e. The zero-order chi connectivity index (χ0) is 14.9. The van der Waals surface area contributed by atoms with Crippen LogP contribution in [0.5, 0.6) is 5.75 Å². The first-order chi connectivity index (χ1) is 9.32. The van der Waals surface area contributed by atoms with Crippen LogP contribution < -0.4 is 5.32 Å². The van der Waals surface area contributed by atoms with Gasteiger partial charge in [-0.15, -0.1) is 0 Å². The summed E-state index contributed by atoms with van der Waals surface area (Å²) < 4.78 is 53.6. The van der Waals surface area contributed by atoms with Gasteiger partial charge in [-0.05, 0) is 12.5 Å². The number of piperazine rings is 1. The molecule has 1 aliphatic heterocycles. The third kappa shape index (κ3) is 2.88. The number of hydrogen-bond acceptors (Lipinski definition) is 3. The fourth-order valence-corrected chi connectivity index (χ4v) is 2.42. The number of benzene rings is 1. The Bertz CT molecular complexity index is 484. The van der Waals surface area contributed by atoms with Crippen LogP contribution in [-0.2, 0) is 0 Å². The lowest BCUT2D eigenvalue weighted by molar-refractivity contribution is -0.188. The van der Waals surface area contributed by atoms with E-state index in [1.54, 1.807) is 0 Å². The summed E-state index contributed by atoms with van der Waals surface area (Å²) in [5.41, 5.74) is -0.310. The highest BCUT2D eigenvalue weighted by atomic mass is 19.4. The molecule has 3 nitrogen and oxygen atoms in total.